The van der Waals surface area contributed by atoms with E-state index in [-0.39, 0.29) is 0 Å². The Hall–Kier alpha value is -2.02. The molecular weight excluding hydrogens is 344 g/mol. The van der Waals surface area contributed by atoms with Gasteiger partial charge >= 0.3 is 0 Å². The van der Waals surface area contributed by atoms with E-state index < -0.39 is 0 Å². The molecule has 0 N–H and O–H groups in total. The predicted octanol–water partition coefficient (Wildman–Crippen LogP) is 3.81. The van der Waals surface area contributed by atoms with Gasteiger partial charge in [-0.3, -0.25) is 9.88 Å². The van der Waals surface area contributed by atoms with Crippen molar-refractivity contribution < 1.29 is 4.74 Å². The molecule has 4 heterocycles. The topological polar surface area (TPSA) is 43.2 Å². The van der Waals surface area contributed by atoms with Gasteiger partial charge in [0.15, 0.2) is 0 Å². The second-order valence-corrected chi connectivity index (χ2v) is 7.73. The normalized spacial score (nSPS) is 17.3. The Balaban J connectivity index is 1.35. The third-order valence-corrected chi connectivity index (χ3v) is 5.83. The SMILES string of the molecule is Cc1ncsc1CN1Cc2cccn2[C@H](CCOCc2cccnc2)C1. The van der Waals surface area contributed by atoms with Gasteiger partial charge in [0.2, 0.25) is 0 Å². The fourth-order valence-electron chi connectivity index (χ4n) is 3.52. The molecule has 0 amide bonds. The molecule has 0 fully saturated rings. The van der Waals surface area contributed by atoms with E-state index in [1.165, 1.54) is 10.6 Å². The maximum atomic E-state index is 5.89. The summed E-state index contributed by atoms with van der Waals surface area (Å²) in [4.78, 5) is 12.4. The van der Waals surface area contributed by atoms with Crippen LogP contribution >= 0.6 is 11.3 Å². The summed E-state index contributed by atoms with van der Waals surface area (Å²) >= 11 is 1.76. The summed E-state index contributed by atoms with van der Waals surface area (Å²) in [6.07, 6.45) is 6.87. The molecule has 6 heteroatoms. The van der Waals surface area contributed by atoms with Crippen LogP contribution in [0.3, 0.4) is 0 Å². The Kier molecular flexibility index (Phi) is 5.43. The number of rotatable bonds is 7. The van der Waals surface area contributed by atoms with Crippen LogP contribution in [0.1, 0.15) is 34.3 Å². The number of ether oxygens (including phenoxy) is 1. The van der Waals surface area contributed by atoms with Gasteiger partial charge in [0.05, 0.1) is 17.8 Å². The number of aryl methyl sites for hydroxylation is 1. The van der Waals surface area contributed by atoms with Crippen molar-refractivity contribution in [2.24, 2.45) is 0 Å². The molecule has 0 bridgehead atoms. The van der Waals surface area contributed by atoms with Crippen LogP contribution in [0.25, 0.3) is 0 Å². The Labute approximate surface area is 158 Å². The maximum absolute atomic E-state index is 5.89. The molecule has 5 nitrogen and oxygen atoms in total. The van der Waals surface area contributed by atoms with Crippen molar-refractivity contribution >= 4 is 11.3 Å². The van der Waals surface area contributed by atoms with E-state index in [2.05, 4.69) is 50.8 Å². The van der Waals surface area contributed by atoms with Gasteiger partial charge in [-0.15, -0.1) is 11.3 Å². The minimum absolute atomic E-state index is 0.455. The number of hydrogen-bond acceptors (Lipinski definition) is 5. The van der Waals surface area contributed by atoms with E-state index in [0.29, 0.717) is 12.6 Å². The lowest BCUT2D eigenvalue weighted by molar-refractivity contribution is 0.0911. The van der Waals surface area contributed by atoms with Crippen molar-refractivity contribution in [3.05, 3.63) is 70.2 Å². The van der Waals surface area contributed by atoms with Crippen LogP contribution in [-0.2, 0) is 24.4 Å². The monoisotopic (exact) mass is 368 g/mol. The highest BCUT2D eigenvalue weighted by atomic mass is 32.1. The van der Waals surface area contributed by atoms with Gasteiger partial charge in [0, 0.05) is 61.4 Å². The first-order valence-corrected chi connectivity index (χ1v) is 9.91. The Morgan fingerprint density at radius 1 is 1.31 bits per heavy atom. The van der Waals surface area contributed by atoms with Gasteiger partial charge in [-0.1, -0.05) is 6.07 Å². The molecule has 4 rings (SSSR count). The van der Waals surface area contributed by atoms with Crippen LogP contribution in [0.5, 0.6) is 0 Å². The zero-order valence-corrected chi connectivity index (χ0v) is 15.9. The van der Waals surface area contributed by atoms with Gasteiger partial charge in [0.25, 0.3) is 0 Å². The van der Waals surface area contributed by atoms with Gasteiger partial charge in [-0.2, -0.15) is 0 Å². The van der Waals surface area contributed by atoms with E-state index in [4.69, 9.17) is 4.74 Å². The van der Waals surface area contributed by atoms with E-state index in [0.717, 1.165) is 43.9 Å². The molecule has 1 atom stereocenters. The number of hydrogen-bond donors (Lipinski definition) is 0. The predicted molar refractivity (Wildman–Crippen MR) is 103 cm³/mol. The summed E-state index contributed by atoms with van der Waals surface area (Å²) in [6, 6.07) is 8.84. The van der Waals surface area contributed by atoms with Crippen LogP contribution in [0.2, 0.25) is 0 Å². The minimum Gasteiger partial charge on any atom is -0.377 e. The average Bonchev–Trinajstić information content (AvgIpc) is 3.29. The molecule has 0 saturated heterocycles. The summed E-state index contributed by atoms with van der Waals surface area (Å²) in [5, 5.41) is 0. The van der Waals surface area contributed by atoms with E-state index in [9.17, 15) is 0 Å². The fourth-order valence-corrected chi connectivity index (χ4v) is 4.34. The van der Waals surface area contributed by atoms with Crippen LogP contribution in [0.4, 0.5) is 0 Å². The average molecular weight is 369 g/mol. The molecule has 0 aliphatic carbocycles. The lowest BCUT2D eigenvalue weighted by Gasteiger charge is -2.35. The number of fused-ring (bicyclic) bond motifs is 1. The van der Waals surface area contributed by atoms with Crippen LogP contribution in [0.15, 0.2) is 48.4 Å². The van der Waals surface area contributed by atoms with Gasteiger partial charge in [0.1, 0.15) is 0 Å². The first kappa shape index (κ1) is 17.4. The van der Waals surface area contributed by atoms with Gasteiger partial charge in [-0.05, 0) is 37.1 Å². The third-order valence-electron chi connectivity index (χ3n) is 4.91. The number of nitrogens with zero attached hydrogens (tertiary/aromatic N) is 4. The van der Waals surface area contributed by atoms with Crippen molar-refractivity contribution in [3.8, 4) is 0 Å². The summed E-state index contributed by atoms with van der Waals surface area (Å²) in [5.41, 5.74) is 5.62. The van der Waals surface area contributed by atoms with Crippen LogP contribution in [-0.4, -0.2) is 32.6 Å². The van der Waals surface area contributed by atoms with Gasteiger partial charge in [-0.25, -0.2) is 4.98 Å². The molecular formula is C20H24N4OS. The summed E-state index contributed by atoms with van der Waals surface area (Å²) in [5.74, 6) is 0. The molecule has 0 aromatic carbocycles. The number of thiazole rings is 1. The van der Waals surface area contributed by atoms with Crippen molar-refractivity contribution in [2.75, 3.05) is 13.2 Å². The fraction of sp³-hybridized carbons (Fsp3) is 0.400. The first-order valence-electron chi connectivity index (χ1n) is 9.03. The lowest BCUT2D eigenvalue weighted by Crippen LogP contribution is -2.36. The third kappa shape index (κ3) is 4.03. The second-order valence-electron chi connectivity index (χ2n) is 6.79. The standard InChI is InChI=1S/C20H24N4OS/c1-16-20(26-15-22-16)13-23-11-18-5-3-8-24(18)19(12-23)6-9-25-14-17-4-2-7-21-10-17/h2-5,7-8,10,15,19H,6,9,11-14H2,1H3/t19-/m1/s1. The summed E-state index contributed by atoms with van der Waals surface area (Å²) < 4.78 is 8.31. The first-order chi connectivity index (χ1) is 12.8. The molecule has 3 aromatic heterocycles. The largest absolute Gasteiger partial charge is 0.377 e. The van der Waals surface area contributed by atoms with E-state index >= 15 is 0 Å². The maximum Gasteiger partial charge on any atom is 0.0798 e. The zero-order valence-electron chi connectivity index (χ0n) is 15.0. The zero-order chi connectivity index (χ0) is 17.8. The summed E-state index contributed by atoms with van der Waals surface area (Å²) in [6.45, 7) is 6.51. The molecule has 3 aromatic rings. The lowest BCUT2D eigenvalue weighted by atomic mass is 10.1. The highest BCUT2D eigenvalue weighted by Crippen LogP contribution is 2.27. The van der Waals surface area contributed by atoms with Crippen molar-refractivity contribution in [3.63, 3.8) is 0 Å². The minimum atomic E-state index is 0.455. The van der Waals surface area contributed by atoms with E-state index in [1.807, 2.05) is 17.8 Å². The smallest absolute Gasteiger partial charge is 0.0798 e. The Bertz CT molecular complexity index is 829. The Morgan fingerprint density at radius 2 is 2.27 bits per heavy atom. The highest BCUT2D eigenvalue weighted by Gasteiger charge is 2.24. The molecule has 0 saturated carbocycles. The molecule has 1 aliphatic heterocycles. The second kappa shape index (κ2) is 8.12. The van der Waals surface area contributed by atoms with Crippen molar-refractivity contribution in [1.29, 1.82) is 0 Å². The molecule has 26 heavy (non-hydrogen) atoms. The Morgan fingerprint density at radius 3 is 3.08 bits per heavy atom. The molecule has 0 spiro atoms. The van der Waals surface area contributed by atoms with E-state index in [1.54, 1.807) is 17.5 Å². The van der Waals surface area contributed by atoms with Gasteiger partial charge < -0.3 is 9.30 Å². The highest BCUT2D eigenvalue weighted by molar-refractivity contribution is 7.09. The van der Waals surface area contributed by atoms with Crippen molar-refractivity contribution in [2.45, 2.75) is 39.1 Å². The molecule has 0 unspecified atom stereocenters. The molecule has 1 aliphatic rings. The van der Waals surface area contributed by atoms with Crippen LogP contribution < -0.4 is 0 Å². The van der Waals surface area contributed by atoms with Crippen LogP contribution in [0, 0.1) is 6.92 Å². The number of pyridine rings is 1. The van der Waals surface area contributed by atoms with Crippen molar-refractivity contribution in [1.82, 2.24) is 19.4 Å². The number of aromatic nitrogens is 3. The summed E-state index contributed by atoms with van der Waals surface area (Å²) in [7, 11) is 0. The molecule has 136 valence electrons. The quantitative estimate of drug-likeness (QED) is 0.595. The molecule has 0 radical (unpaired) electrons.